The third kappa shape index (κ3) is 16.1. The zero-order valence-electron chi connectivity index (χ0n) is 30.0. The highest BCUT2D eigenvalue weighted by Gasteiger charge is 2.26. The molecule has 268 valence electrons. The first-order chi connectivity index (χ1) is 23.5. The maximum absolute atomic E-state index is 12.7. The maximum Gasteiger partial charge on any atom is 0.312 e. The lowest BCUT2D eigenvalue weighted by Gasteiger charge is -2.35. The minimum absolute atomic E-state index is 0.0102. The molecule has 1 aromatic heterocycles. The molecule has 0 spiro atoms. The second kappa shape index (κ2) is 24.4. The first kappa shape index (κ1) is 39.7. The van der Waals surface area contributed by atoms with Crippen LogP contribution < -0.4 is 15.4 Å². The molecule has 1 atom stereocenters. The van der Waals surface area contributed by atoms with Crippen LogP contribution in [0.3, 0.4) is 0 Å². The molecule has 7 nitrogen and oxygen atoms in total. The lowest BCUT2D eigenvalue weighted by Crippen LogP contribution is -2.41. The van der Waals surface area contributed by atoms with E-state index in [1.54, 1.807) is 0 Å². The summed E-state index contributed by atoms with van der Waals surface area (Å²) in [6, 6.07) is 11.0. The van der Waals surface area contributed by atoms with E-state index >= 15 is 0 Å². The molecule has 48 heavy (non-hydrogen) atoms. The number of carbonyl (C=O) groups excluding carboxylic acids is 3. The quantitative estimate of drug-likeness (QED) is 0.0590. The predicted molar refractivity (Wildman–Crippen MR) is 199 cm³/mol. The standard InChI is InChI=1S/C40H63N3O4S/c1-3-5-15-27-41-38(44)21-13-11-9-7-6-8-10-12-14-22-39(45)42-28-25-40(46)47-37-20-16-18-33-32-34(23-24-36(33)37)43(29-4-2)30-26-35-19-17-31-48-35/h16-20,31,34H,3-15,21-30,32H2,1-2H3,(H,41,44)(H,42,45)/t34-/m0/s1. The summed E-state index contributed by atoms with van der Waals surface area (Å²) < 4.78 is 5.81. The number of ether oxygens (including phenoxy) is 1. The molecule has 8 heteroatoms. The zero-order valence-corrected chi connectivity index (χ0v) is 30.8. The van der Waals surface area contributed by atoms with Crippen molar-refractivity contribution in [3.8, 4) is 5.75 Å². The van der Waals surface area contributed by atoms with E-state index in [4.69, 9.17) is 4.74 Å². The van der Waals surface area contributed by atoms with Crippen LogP contribution in [0.25, 0.3) is 0 Å². The van der Waals surface area contributed by atoms with Crippen LogP contribution in [0.4, 0.5) is 0 Å². The topological polar surface area (TPSA) is 87.7 Å². The second-order valence-corrected chi connectivity index (χ2v) is 14.5. The van der Waals surface area contributed by atoms with Gasteiger partial charge in [0, 0.05) is 43.4 Å². The average molecular weight is 682 g/mol. The van der Waals surface area contributed by atoms with Crippen LogP contribution in [0.15, 0.2) is 35.7 Å². The van der Waals surface area contributed by atoms with Crippen molar-refractivity contribution in [1.82, 2.24) is 15.5 Å². The van der Waals surface area contributed by atoms with E-state index in [1.807, 2.05) is 23.5 Å². The average Bonchev–Trinajstić information content (AvgIpc) is 3.61. The Balaban J connectivity index is 1.21. The van der Waals surface area contributed by atoms with Crippen molar-refractivity contribution in [2.45, 2.75) is 148 Å². The molecule has 0 fully saturated rings. The van der Waals surface area contributed by atoms with Crippen LogP contribution in [0.5, 0.6) is 5.75 Å². The fourth-order valence-electron chi connectivity index (χ4n) is 6.70. The van der Waals surface area contributed by atoms with Gasteiger partial charge < -0.3 is 15.4 Å². The Morgan fingerprint density at radius 3 is 2.10 bits per heavy atom. The number of unbranched alkanes of at least 4 members (excludes halogenated alkanes) is 10. The van der Waals surface area contributed by atoms with E-state index in [0.717, 1.165) is 90.3 Å². The normalized spacial score (nSPS) is 14.1. The van der Waals surface area contributed by atoms with Crippen LogP contribution in [-0.2, 0) is 33.6 Å². The summed E-state index contributed by atoms with van der Waals surface area (Å²) in [6.45, 7) is 7.74. The Bertz CT molecular complexity index is 1190. The first-order valence-electron chi connectivity index (χ1n) is 19.1. The molecule has 1 heterocycles. The van der Waals surface area contributed by atoms with E-state index < -0.39 is 0 Å². The molecule has 2 N–H and O–H groups in total. The Morgan fingerprint density at radius 1 is 0.771 bits per heavy atom. The molecule has 1 aliphatic carbocycles. The maximum atomic E-state index is 12.7. The zero-order chi connectivity index (χ0) is 34.2. The summed E-state index contributed by atoms with van der Waals surface area (Å²) in [4.78, 5) is 40.9. The summed E-state index contributed by atoms with van der Waals surface area (Å²) in [7, 11) is 0. The van der Waals surface area contributed by atoms with E-state index in [0.29, 0.717) is 31.2 Å². The highest BCUT2D eigenvalue weighted by Crippen LogP contribution is 2.32. The van der Waals surface area contributed by atoms with Crippen LogP contribution in [0.1, 0.15) is 139 Å². The largest absolute Gasteiger partial charge is 0.426 e. The number of hydrogen-bond donors (Lipinski definition) is 2. The van der Waals surface area contributed by atoms with Gasteiger partial charge in [-0.05, 0) is 86.6 Å². The Kier molecular flexibility index (Phi) is 20.2. The number of esters is 1. The van der Waals surface area contributed by atoms with Gasteiger partial charge in [-0.25, -0.2) is 0 Å². The van der Waals surface area contributed by atoms with E-state index in [1.165, 1.54) is 54.5 Å². The van der Waals surface area contributed by atoms with E-state index in [2.05, 4.69) is 53.0 Å². The molecule has 0 saturated carbocycles. The van der Waals surface area contributed by atoms with Gasteiger partial charge in [0.05, 0.1) is 6.42 Å². The number of thiophene rings is 1. The molecule has 0 unspecified atom stereocenters. The van der Waals surface area contributed by atoms with Crippen molar-refractivity contribution in [3.63, 3.8) is 0 Å². The van der Waals surface area contributed by atoms with Gasteiger partial charge in [-0.1, -0.05) is 89.8 Å². The minimum Gasteiger partial charge on any atom is -0.426 e. The molecule has 2 amide bonds. The van der Waals surface area contributed by atoms with Crippen molar-refractivity contribution in [1.29, 1.82) is 0 Å². The van der Waals surface area contributed by atoms with Crippen LogP contribution in [0.2, 0.25) is 0 Å². The third-order valence-electron chi connectivity index (χ3n) is 9.45. The van der Waals surface area contributed by atoms with Crippen molar-refractivity contribution in [2.75, 3.05) is 26.2 Å². The molecule has 2 aromatic rings. The minimum atomic E-state index is -0.292. The second-order valence-electron chi connectivity index (χ2n) is 13.5. The Hall–Kier alpha value is -2.71. The monoisotopic (exact) mass is 681 g/mol. The smallest absolute Gasteiger partial charge is 0.312 e. The van der Waals surface area contributed by atoms with Crippen LogP contribution >= 0.6 is 11.3 Å². The molecule has 1 aromatic carbocycles. The highest BCUT2D eigenvalue weighted by molar-refractivity contribution is 7.09. The predicted octanol–water partition coefficient (Wildman–Crippen LogP) is 8.57. The van der Waals surface area contributed by atoms with Gasteiger partial charge >= 0.3 is 5.97 Å². The molecular formula is C40H63N3O4S. The number of hydrogen-bond acceptors (Lipinski definition) is 6. The van der Waals surface area contributed by atoms with Crippen molar-refractivity contribution >= 4 is 29.1 Å². The van der Waals surface area contributed by atoms with Crippen molar-refractivity contribution in [3.05, 3.63) is 51.7 Å². The van der Waals surface area contributed by atoms with Gasteiger partial charge in [0.25, 0.3) is 0 Å². The number of carbonyl (C=O) groups is 3. The molecule has 1 aliphatic rings. The highest BCUT2D eigenvalue weighted by atomic mass is 32.1. The summed E-state index contributed by atoms with van der Waals surface area (Å²) >= 11 is 1.84. The molecular weight excluding hydrogens is 619 g/mol. The lowest BCUT2D eigenvalue weighted by molar-refractivity contribution is -0.134. The van der Waals surface area contributed by atoms with Crippen molar-refractivity contribution in [2.24, 2.45) is 0 Å². The van der Waals surface area contributed by atoms with Gasteiger partial charge in [-0.2, -0.15) is 0 Å². The number of fused-ring (bicyclic) bond motifs is 1. The van der Waals surface area contributed by atoms with Gasteiger partial charge in [-0.3, -0.25) is 19.3 Å². The SMILES string of the molecule is CCCCCNC(=O)CCCCCCCCCCCC(=O)NCCC(=O)Oc1cccc2c1CC[C@H](N(CCC)CCc1cccs1)C2. The Morgan fingerprint density at radius 2 is 1.46 bits per heavy atom. The summed E-state index contributed by atoms with van der Waals surface area (Å²) in [5, 5.41) is 8.06. The number of benzene rings is 1. The summed E-state index contributed by atoms with van der Waals surface area (Å²) in [5.41, 5.74) is 2.45. The molecule has 0 saturated heterocycles. The van der Waals surface area contributed by atoms with Crippen LogP contribution in [0, 0.1) is 0 Å². The van der Waals surface area contributed by atoms with Crippen molar-refractivity contribution < 1.29 is 19.1 Å². The van der Waals surface area contributed by atoms with E-state index in [-0.39, 0.29) is 24.2 Å². The molecule has 0 bridgehead atoms. The number of nitrogens with zero attached hydrogens (tertiary/aromatic N) is 1. The van der Waals surface area contributed by atoms with Gasteiger partial charge in [0.15, 0.2) is 0 Å². The number of nitrogens with one attached hydrogen (secondary N) is 2. The number of amides is 2. The van der Waals surface area contributed by atoms with Gasteiger partial charge in [-0.15, -0.1) is 11.3 Å². The van der Waals surface area contributed by atoms with Crippen LogP contribution in [-0.4, -0.2) is 54.9 Å². The van der Waals surface area contributed by atoms with Gasteiger partial charge in [0.1, 0.15) is 5.75 Å². The third-order valence-corrected chi connectivity index (χ3v) is 10.4. The fourth-order valence-corrected chi connectivity index (χ4v) is 7.40. The lowest BCUT2D eigenvalue weighted by atomic mass is 9.86. The number of rotatable bonds is 26. The van der Waals surface area contributed by atoms with Gasteiger partial charge in [0.2, 0.25) is 11.8 Å². The first-order valence-corrected chi connectivity index (χ1v) is 20.0. The molecule has 0 aliphatic heterocycles. The summed E-state index contributed by atoms with van der Waals surface area (Å²) in [5.74, 6) is 0.601. The molecule has 3 rings (SSSR count). The Labute approximate surface area is 295 Å². The summed E-state index contributed by atoms with van der Waals surface area (Å²) in [6.07, 6.45) is 20.0. The molecule has 0 radical (unpaired) electrons. The van der Waals surface area contributed by atoms with E-state index in [9.17, 15) is 14.4 Å². The fraction of sp³-hybridized carbons (Fsp3) is 0.675.